The van der Waals surface area contributed by atoms with Crippen LogP contribution in [0.1, 0.15) is 24.4 Å². The van der Waals surface area contributed by atoms with Crippen molar-refractivity contribution in [1.82, 2.24) is 19.5 Å². The normalized spacial score (nSPS) is 12.5. The number of aliphatic hydroxyl groups excluding tert-OH is 1. The number of ether oxygens (including phenoxy) is 3. The average Bonchev–Trinajstić information content (AvgIpc) is 3.21. The number of nitrogens with one attached hydrogen (secondary N) is 1. The molecule has 3 rings (SSSR count). The van der Waals surface area contributed by atoms with Crippen LogP contribution in [0.4, 0.5) is 24.8 Å². The van der Waals surface area contributed by atoms with E-state index in [9.17, 15) is 18.3 Å². The second kappa shape index (κ2) is 9.83. The molecule has 0 saturated carbocycles. The summed E-state index contributed by atoms with van der Waals surface area (Å²) >= 11 is 0. The third-order valence-electron chi connectivity index (χ3n) is 4.22. The van der Waals surface area contributed by atoms with E-state index in [-0.39, 0.29) is 23.9 Å². The van der Waals surface area contributed by atoms with Gasteiger partial charge >= 0.3 is 6.18 Å². The molecule has 9 nitrogen and oxygen atoms in total. The molecule has 0 bridgehead atoms. The van der Waals surface area contributed by atoms with Crippen molar-refractivity contribution in [2.75, 3.05) is 26.1 Å². The predicted octanol–water partition coefficient (Wildman–Crippen LogP) is 3.56. The Labute approximate surface area is 181 Å². The fourth-order valence-electron chi connectivity index (χ4n) is 2.77. The van der Waals surface area contributed by atoms with E-state index >= 15 is 0 Å². The van der Waals surface area contributed by atoms with Crippen LogP contribution in [0, 0.1) is 0 Å². The van der Waals surface area contributed by atoms with Gasteiger partial charge in [-0.2, -0.15) is 13.2 Å². The molecule has 2 heterocycles. The largest absolute Gasteiger partial charge is 0.494 e. The fourth-order valence-corrected chi connectivity index (χ4v) is 2.77. The molecule has 32 heavy (non-hydrogen) atoms. The van der Waals surface area contributed by atoms with E-state index in [0.717, 1.165) is 0 Å². The van der Waals surface area contributed by atoms with Gasteiger partial charge in [-0.25, -0.2) is 15.0 Å². The number of hydrogen-bond donors (Lipinski definition) is 2. The predicted molar refractivity (Wildman–Crippen MR) is 108 cm³/mol. The molecule has 1 unspecified atom stereocenters. The molecule has 0 aliphatic rings. The number of aliphatic hydroxyl groups is 1. The summed E-state index contributed by atoms with van der Waals surface area (Å²) in [7, 11) is 3.03. The quantitative estimate of drug-likeness (QED) is 0.507. The standard InChI is InChI=1S/C20H22F3N5O4/c1-12(29)15-6-14(9-32-10-20(21,22)23)26-19(27-15)25-13-4-5-16(17(7-13)30-2)28-8-18(31-3)24-11-28/h4-8,11-12,29H,9-10H2,1-3H3,(H,25,26,27). The number of nitrogens with zero attached hydrogens (tertiary/aromatic N) is 4. The zero-order valence-corrected chi connectivity index (χ0v) is 17.6. The Balaban J connectivity index is 1.83. The van der Waals surface area contributed by atoms with Gasteiger partial charge in [-0.3, -0.25) is 4.57 Å². The summed E-state index contributed by atoms with van der Waals surface area (Å²) < 4.78 is 54.0. The highest BCUT2D eigenvalue weighted by Crippen LogP contribution is 2.29. The minimum atomic E-state index is -4.45. The lowest BCUT2D eigenvalue weighted by atomic mass is 10.2. The SMILES string of the molecule is COc1cn(-c2ccc(Nc3nc(COCC(F)(F)F)cc(C(C)O)n3)cc2OC)cn1. The number of imidazole rings is 1. The van der Waals surface area contributed by atoms with E-state index in [2.05, 4.69) is 25.0 Å². The Morgan fingerprint density at radius 3 is 2.56 bits per heavy atom. The van der Waals surface area contributed by atoms with Gasteiger partial charge in [0.05, 0.1) is 50.2 Å². The molecule has 1 atom stereocenters. The van der Waals surface area contributed by atoms with Crippen molar-refractivity contribution in [3.8, 4) is 17.3 Å². The van der Waals surface area contributed by atoms with Crippen molar-refractivity contribution in [3.05, 3.63) is 48.2 Å². The number of rotatable bonds is 9. The van der Waals surface area contributed by atoms with E-state index < -0.39 is 18.9 Å². The molecule has 172 valence electrons. The summed E-state index contributed by atoms with van der Waals surface area (Å²) in [6.45, 7) is -0.299. The van der Waals surface area contributed by atoms with Gasteiger partial charge in [0, 0.05) is 11.8 Å². The zero-order valence-electron chi connectivity index (χ0n) is 17.6. The second-order valence-electron chi connectivity index (χ2n) is 6.73. The minimum absolute atomic E-state index is 0.0908. The molecular weight excluding hydrogens is 431 g/mol. The van der Waals surface area contributed by atoms with Gasteiger partial charge in [-0.15, -0.1) is 0 Å². The molecule has 1 aromatic carbocycles. The first kappa shape index (κ1) is 23.3. The van der Waals surface area contributed by atoms with Crippen LogP contribution in [0.5, 0.6) is 11.6 Å². The maximum atomic E-state index is 12.3. The topological polar surface area (TPSA) is 104 Å². The number of benzene rings is 1. The Hall–Kier alpha value is -3.38. The van der Waals surface area contributed by atoms with E-state index in [1.165, 1.54) is 27.2 Å². The lowest BCUT2D eigenvalue weighted by molar-refractivity contribution is -0.176. The molecule has 0 aliphatic heterocycles. The smallest absolute Gasteiger partial charge is 0.411 e. The molecule has 0 aliphatic carbocycles. The summed E-state index contributed by atoms with van der Waals surface area (Å²) in [4.78, 5) is 12.5. The first-order valence-corrected chi connectivity index (χ1v) is 9.42. The summed E-state index contributed by atoms with van der Waals surface area (Å²) in [6.07, 6.45) is -2.13. The highest BCUT2D eigenvalue weighted by atomic mass is 19.4. The zero-order chi connectivity index (χ0) is 23.3. The Bertz CT molecular complexity index is 1060. The van der Waals surface area contributed by atoms with Gasteiger partial charge in [0.2, 0.25) is 11.8 Å². The highest BCUT2D eigenvalue weighted by Gasteiger charge is 2.27. The van der Waals surface area contributed by atoms with Crippen LogP contribution in [0.25, 0.3) is 5.69 Å². The van der Waals surface area contributed by atoms with Gasteiger partial charge in [0.25, 0.3) is 0 Å². The molecule has 12 heteroatoms. The van der Waals surface area contributed by atoms with Crippen LogP contribution >= 0.6 is 0 Å². The van der Waals surface area contributed by atoms with Crippen LogP contribution in [-0.4, -0.2) is 51.6 Å². The summed E-state index contributed by atoms with van der Waals surface area (Å²) in [6, 6.07) is 6.60. The Morgan fingerprint density at radius 1 is 1.16 bits per heavy atom. The van der Waals surface area contributed by atoms with Crippen molar-refractivity contribution in [2.24, 2.45) is 0 Å². The van der Waals surface area contributed by atoms with Gasteiger partial charge < -0.3 is 24.6 Å². The molecule has 0 amide bonds. The lowest BCUT2D eigenvalue weighted by Gasteiger charge is -2.14. The summed E-state index contributed by atoms with van der Waals surface area (Å²) in [5, 5.41) is 12.9. The Kier molecular flexibility index (Phi) is 7.15. The van der Waals surface area contributed by atoms with Gasteiger partial charge in [0.15, 0.2) is 0 Å². The number of aromatic nitrogens is 4. The summed E-state index contributed by atoms with van der Waals surface area (Å²) in [5.41, 5.74) is 1.69. The van der Waals surface area contributed by atoms with Crippen molar-refractivity contribution in [1.29, 1.82) is 0 Å². The van der Waals surface area contributed by atoms with E-state index in [1.807, 2.05) is 0 Å². The first-order chi connectivity index (χ1) is 15.2. The molecular formula is C20H22F3N5O4. The third-order valence-corrected chi connectivity index (χ3v) is 4.22. The van der Waals surface area contributed by atoms with E-state index in [4.69, 9.17) is 9.47 Å². The van der Waals surface area contributed by atoms with E-state index in [1.54, 1.807) is 35.3 Å². The molecule has 0 fully saturated rings. The van der Waals surface area contributed by atoms with Crippen molar-refractivity contribution < 1.29 is 32.5 Å². The molecule has 2 N–H and O–H groups in total. The molecule has 0 radical (unpaired) electrons. The molecule has 0 saturated heterocycles. The van der Waals surface area contributed by atoms with Crippen LogP contribution in [-0.2, 0) is 11.3 Å². The lowest BCUT2D eigenvalue weighted by Crippen LogP contribution is -2.17. The third kappa shape index (κ3) is 6.08. The molecule has 3 aromatic rings. The number of hydrogen-bond acceptors (Lipinski definition) is 8. The van der Waals surface area contributed by atoms with Gasteiger partial charge in [0.1, 0.15) is 18.7 Å². The molecule has 2 aromatic heterocycles. The minimum Gasteiger partial charge on any atom is -0.494 e. The van der Waals surface area contributed by atoms with Crippen molar-refractivity contribution in [2.45, 2.75) is 25.8 Å². The van der Waals surface area contributed by atoms with Crippen molar-refractivity contribution >= 4 is 11.6 Å². The maximum Gasteiger partial charge on any atom is 0.411 e. The van der Waals surface area contributed by atoms with Crippen LogP contribution < -0.4 is 14.8 Å². The van der Waals surface area contributed by atoms with Crippen LogP contribution in [0.2, 0.25) is 0 Å². The highest BCUT2D eigenvalue weighted by molar-refractivity contribution is 5.62. The van der Waals surface area contributed by atoms with Crippen molar-refractivity contribution in [3.63, 3.8) is 0 Å². The molecule has 0 spiro atoms. The maximum absolute atomic E-state index is 12.3. The van der Waals surface area contributed by atoms with E-state index in [0.29, 0.717) is 23.0 Å². The number of anilines is 2. The van der Waals surface area contributed by atoms with Crippen LogP contribution in [0.15, 0.2) is 36.8 Å². The fraction of sp³-hybridized carbons (Fsp3) is 0.350. The Morgan fingerprint density at radius 2 is 1.94 bits per heavy atom. The number of alkyl halides is 3. The second-order valence-corrected chi connectivity index (χ2v) is 6.73. The number of methoxy groups -OCH3 is 2. The number of halogens is 3. The summed E-state index contributed by atoms with van der Waals surface area (Å²) in [5.74, 6) is 1.04. The van der Waals surface area contributed by atoms with Gasteiger partial charge in [-0.05, 0) is 25.1 Å². The average molecular weight is 453 g/mol. The van der Waals surface area contributed by atoms with Gasteiger partial charge in [-0.1, -0.05) is 0 Å². The first-order valence-electron chi connectivity index (χ1n) is 9.42. The van der Waals surface area contributed by atoms with Crippen LogP contribution in [0.3, 0.4) is 0 Å². The monoisotopic (exact) mass is 453 g/mol.